The van der Waals surface area contributed by atoms with E-state index in [2.05, 4.69) is 53.7 Å². The highest BCUT2D eigenvalue weighted by molar-refractivity contribution is 4.82. The molecule has 0 atom stereocenters. The Bertz CT molecular complexity index is 185. The smallest absolute Gasteiger partial charge is 0.0975 e. The van der Waals surface area contributed by atoms with Gasteiger partial charge in [-0.3, -0.25) is 0 Å². The number of likely N-dealkylation sites (N-methyl/N-ethyl adjacent to an activating group) is 2. The van der Waals surface area contributed by atoms with Gasteiger partial charge in [-0.2, -0.15) is 0 Å². The van der Waals surface area contributed by atoms with Gasteiger partial charge in [0.25, 0.3) is 0 Å². The van der Waals surface area contributed by atoms with Crippen molar-refractivity contribution in [2.75, 3.05) is 52.4 Å². The largest absolute Gasteiger partial charge is 0.321 e. The highest BCUT2D eigenvalue weighted by atomic mass is 15.3. The second kappa shape index (κ2) is 8.71. The van der Waals surface area contributed by atoms with Crippen LogP contribution in [-0.4, -0.2) is 61.3 Å². The standard InChI is InChI=1S/C16H36N2/c1-7-17(8-2,9-3)15-13-14-16-18(10-4,11-5)12-6/h13-14H,7-12,15-16H2,1-6H3/q+2/b14-13+. The van der Waals surface area contributed by atoms with Gasteiger partial charge >= 0.3 is 0 Å². The molecule has 0 amide bonds. The van der Waals surface area contributed by atoms with Crippen LogP contribution in [0, 0.1) is 0 Å². The Hall–Kier alpha value is -0.340. The van der Waals surface area contributed by atoms with Crippen molar-refractivity contribution >= 4 is 0 Å². The van der Waals surface area contributed by atoms with Gasteiger partial charge < -0.3 is 8.97 Å². The molecule has 0 aliphatic heterocycles. The maximum atomic E-state index is 2.42. The van der Waals surface area contributed by atoms with Crippen LogP contribution in [0.5, 0.6) is 0 Å². The molecule has 0 aliphatic rings. The van der Waals surface area contributed by atoms with E-state index in [9.17, 15) is 0 Å². The Morgan fingerprint density at radius 3 is 0.889 bits per heavy atom. The fourth-order valence-corrected chi connectivity index (χ4v) is 2.71. The van der Waals surface area contributed by atoms with Crippen LogP contribution in [0.3, 0.4) is 0 Å². The molecule has 0 unspecified atom stereocenters. The average Bonchev–Trinajstić information content (AvgIpc) is 2.45. The second-order valence-corrected chi connectivity index (χ2v) is 5.42. The molecule has 0 aliphatic carbocycles. The maximum Gasteiger partial charge on any atom is 0.0975 e. The summed E-state index contributed by atoms with van der Waals surface area (Å²) in [6.07, 6.45) is 4.84. The molecule has 0 saturated heterocycles. The van der Waals surface area contributed by atoms with Crippen LogP contribution in [0.4, 0.5) is 0 Å². The van der Waals surface area contributed by atoms with E-state index < -0.39 is 0 Å². The Morgan fingerprint density at radius 2 is 0.722 bits per heavy atom. The lowest BCUT2D eigenvalue weighted by atomic mass is 10.3. The summed E-state index contributed by atoms with van der Waals surface area (Å²) >= 11 is 0. The number of nitrogens with zero attached hydrogens (tertiary/aromatic N) is 2. The molecule has 0 bridgehead atoms. The van der Waals surface area contributed by atoms with Crippen molar-refractivity contribution in [1.29, 1.82) is 0 Å². The van der Waals surface area contributed by atoms with Gasteiger partial charge in [0.2, 0.25) is 0 Å². The molecule has 2 heteroatoms. The zero-order chi connectivity index (χ0) is 14.1. The summed E-state index contributed by atoms with van der Waals surface area (Å²) in [7, 11) is 0. The molecule has 108 valence electrons. The Kier molecular flexibility index (Phi) is 8.54. The van der Waals surface area contributed by atoms with Crippen LogP contribution in [0.15, 0.2) is 12.2 Å². The molecule has 0 aromatic rings. The Morgan fingerprint density at radius 1 is 0.500 bits per heavy atom. The van der Waals surface area contributed by atoms with E-state index in [0.717, 1.165) is 0 Å². The molecule has 0 spiro atoms. The molecule has 0 aromatic carbocycles. The van der Waals surface area contributed by atoms with E-state index in [4.69, 9.17) is 0 Å². The summed E-state index contributed by atoms with van der Waals surface area (Å²) in [6.45, 7) is 23.7. The van der Waals surface area contributed by atoms with Crippen LogP contribution in [0.25, 0.3) is 0 Å². The first-order valence-corrected chi connectivity index (χ1v) is 7.92. The molecule has 0 rings (SSSR count). The van der Waals surface area contributed by atoms with Gasteiger partial charge in [0.15, 0.2) is 0 Å². The summed E-state index contributed by atoms with van der Waals surface area (Å²) in [6, 6.07) is 0. The maximum absolute atomic E-state index is 2.42. The van der Waals surface area contributed by atoms with Crippen LogP contribution >= 0.6 is 0 Å². The third-order valence-corrected chi connectivity index (χ3v) is 5.18. The van der Waals surface area contributed by atoms with Crippen LogP contribution in [0.1, 0.15) is 41.5 Å². The minimum absolute atomic E-state index is 1.20. The van der Waals surface area contributed by atoms with Crippen molar-refractivity contribution in [2.24, 2.45) is 0 Å². The summed E-state index contributed by atoms with van der Waals surface area (Å²) in [5, 5.41) is 0. The lowest BCUT2D eigenvalue weighted by Gasteiger charge is -2.36. The second-order valence-electron chi connectivity index (χ2n) is 5.42. The molecule has 18 heavy (non-hydrogen) atoms. The van der Waals surface area contributed by atoms with Crippen LogP contribution in [-0.2, 0) is 0 Å². The van der Waals surface area contributed by atoms with Gasteiger partial charge in [-0.05, 0) is 53.7 Å². The lowest BCUT2D eigenvalue weighted by molar-refractivity contribution is -0.920. The Balaban J connectivity index is 4.40. The third kappa shape index (κ3) is 4.74. The molecule has 0 fully saturated rings. The van der Waals surface area contributed by atoms with Crippen LogP contribution < -0.4 is 0 Å². The molecule has 0 radical (unpaired) electrons. The highest BCUT2D eigenvalue weighted by Crippen LogP contribution is 2.08. The number of quaternary nitrogens is 2. The van der Waals surface area contributed by atoms with Crippen molar-refractivity contribution in [3.05, 3.63) is 12.2 Å². The molecule has 0 saturated carbocycles. The molecule has 0 N–H and O–H groups in total. The summed E-state index contributed by atoms with van der Waals surface area (Å²) in [4.78, 5) is 0. The predicted octanol–water partition coefficient (Wildman–Crippen LogP) is 3.30. The topological polar surface area (TPSA) is 0 Å². The molecular weight excluding hydrogens is 220 g/mol. The summed E-state index contributed by atoms with van der Waals surface area (Å²) < 4.78 is 2.45. The van der Waals surface area contributed by atoms with Gasteiger partial charge in [-0.1, -0.05) is 0 Å². The first-order valence-electron chi connectivity index (χ1n) is 7.92. The lowest BCUT2D eigenvalue weighted by Crippen LogP contribution is -2.48. The molecule has 0 heterocycles. The van der Waals surface area contributed by atoms with Crippen molar-refractivity contribution in [3.8, 4) is 0 Å². The number of hydrogen-bond donors (Lipinski definition) is 0. The summed E-state index contributed by atoms with van der Waals surface area (Å²) in [5.41, 5.74) is 0. The molecular formula is C16H36N2+2. The fourth-order valence-electron chi connectivity index (χ4n) is 2.71. The van der Waals surface area contributed by atoms with E-state index in [1.807, 2.05) is 0 Å². The monoisotopic (exact) mass is 256 g/mol. The minimum atomic E-state index is 1.20. The first-order chi connectivity index (χ1) is 8.57. The van der Waals surface area contributed by atoms with E-state index >= 15 is 0 Å². The molecule has 2 nitrogen and oxygen atoms in total. The molecule has 0 aromatic heterocycles. The van der Waals surface area contributed by atoms with E-state index in [1.165, 1.54) is 61.3 Å². The number of rotatable bonds is 10. The zero-order valence-corrected chi connectivity index (χ0v) is 13.7. The predicted molar refractivity (Wildman–Crippen MR) is 82.6 cm³/mol. The van der Waals surface area contributed by atoms with Crippen LogP contribution in [0.2, 0.25) is 0 Å². The van der Waals surface area contributed by atoms with Crippen molar-refractivity contribution < 1.29 is 8.97 Å². The van der Waals surface area contributed by atoms with Gasteiger partial charge in [-0.25, -0.2) is 0 Å². The van der Waals surface area contributed by atoms with E-state index in [-0.39, 0.29) is 0 Å². The van der Waals surface area contributed by atoms with E-state index in [1.54, 1.807) is 0 Å². The first kappa shape index (κ1) is 17.7. The zero-order valence-electron chi connectivity index (χ0n) is 13.7. The van der Waals surface area contributed by atoms with Gasteiger partial charge in [-0.15, -0.1) is 0 Å². The van der Waals surface area contributed by atoms with Gasteiger partial charge in [0.05, 0.1) is 52.4 Å². The minimum Gasteiger partial charge on any atom is -0.321 e. The Labute approximate surface area is 115 Å². The fraction of sp³-hybridized carbons (Fsp3) is 0.875. The van der Waals surface area contributed by atoms with Crippen molar-refractivity contribution in [1.82, 2.24) is 0 Å². The summed E-state index contributed by atoms with van der Waals surface area (Å²) in [5.74, 6) is 0. The van der Waals surface area contributed by atoms with E-state index in [0.29, 0.717) is 0 Å². The average molecular weight is 256 g/mol. The quantitative estimate of drug-likeness (QED) is 0.416. The van der Waals surface area contributed by atoms with Crippen molar-refractivity contribution in [3.63, 3.8) is 0 Å². The van der Waals surface area contributed by atoms with Gasteiger partial charge in [0, 0.05) is 0 Å². The normalized spacial score (nSPS) is 13.4. The number of hydrogen-bond acceptors (Lipinski definition) is 0. The van der Waals surface area contributed by atoms with Gasteiger partial charge in [0.1, 0.15) is 0 Å². The highest BCUT2D eigenvalue weighted by Gasteiger charge is 2.20. The van der Waals surface area contributed by atoms with Crippen molar-refractivity contribution in [2.45, 2.75) is 41.5 Å². The SMILES string of the molecule is CC[N+](CC)(CC)C/C=C/C[N+](CC)(CC)CC. The third-order valence-electron chi connectivity index (χ3n) is 5.18.